The molecule has 0 aliphatic rings. The van der Waals surface area contributed by atoms with E-state index in [-0.39, 0.29) is 11.4 Å². The fraction of sp³-hybridized carbons (Fsp3) is 0.444. The Bertz CT molecular complexity index is 388. The van der Waals surface area contributed by atoms with E-state index < -0.39 is 17.9 Å². The predicted octanol–water partition coefficient (Wildman–Crippen LogP) is -0.327. The maximum absolute atomic E-state index is 11.7. The molecule has 1 amide bonds. The molecule has 7 heteroatoms. The van der Waals surface area contributed by atoms with Crippen LogP contribution in [0, 0.1) is 0 Å². The van der Waals surface area contributed by atoms with Gasteiger partial charge in [-0.25, -0.2) is 4.79 Å². The minimum absolute atomic E-state index is 0.164. The van der Waals surface area contributed by atoms with Crippen LogP contribution in [0.3, 0.4) is 0 Å². The fourth-order valence-corrected chi connectivity index (χ4v) is 1.18. The van der Waals surface area contributed by atoms with Crippen LogP contribution >= 0.6 is 0 Å². The van der Waals surface area contributed by atoms with E-state index in [0.717, 1.165) is 0 Å². The van der Waals surface area contributed by atoms with Gasteiger partial charge in [0, 0.05) is 0 Å². The van der Waals surface area contributed by atoms with E-state index in [1.54, 1.807) is 6.92 Å². The maximum Gasteiger partial charge on any atom is 0.328 e. The molecule has 1 unspecified atom stereocenters. The molecule has 16 heavy (non-hydrogen) atoms. The lowest BCUT2D eigenvalue weighted by Gasteiger charge is -2.13. The molecule has 4 N–H and O–H groups in total. The smallest absolute Gasteiger partial charge is 0.328 e. The van der Waals surface area contributed by atoms with Gasteiger partial charge in [0.15, 0.2) is 0 Å². The number of anilines is 1. The predicted molar refractivity (Wildman–Crippen MR) is 56.6 cm³/mol. The van der Waals surface area contributed by atoms with E-state index in [1.807, 2.05) is 0 Å². The highest BCUT2D eigenvalue weighted by molar-refractivity contribution is 6.00. The summed E-state index contributed by atoms with van der Waals surface area (Å²) in [6.07, 6.45) is 1.74. The maximum atomic E-state index is 11.7. The zero-order valence-corrected chi connectivity index (χ0v) is 9.11. The first-order valence-corrected chi connectivity index (χ1v) is 4.77. The Morgan fingerprint density at radius 2 is 2.38 bits per heavy atom. The van der Waals surface area contributed by atoms with E-state index in [0.29, 0.717) is 6.42 Å². The largest absolute Gasteiger partial charge is 0.467 e. The lowest BCUT2D eigenvalue weighted by atomic mass is 10.2. The molecule has 7 nitrogen and oxygen atoms in total. The average Bonchev–Trinajstić information content (AvgIpc) is 2.71. The van der Waals surface area contributed by atoms with Crippen LogP contribution in [0.1, 0.15) is 23.7 Å². The summed E-state index contributed by atoms with van der Waals surface area (Å²) in [6, 6.07) is -0.674. The summed E-state index contributed by atoms with van der Waals surface area (Å²) in [5.74, 6) is -0.779. The number of carbonyl (C=O) groups is 2. The average molecular weight is 226 g/mol. The summed E-state index contributed by atoms with van der Waals surface area (Å²) in [5, 5.41) is 8.56. The van der Waals surface area contributed by atoms with Gasteiger partial charge in [-0.3, -0.25) is 9.89 Å². The fourth-order valence-electron chi connectivity index (χ4n) is 1.18. The molecule has 88 valence electrons. The lowest BCUT2D eigenvalue weighted by Crippen LogP contribution is -2.41. The van der Waals surface area contributed by atoms with Crippen molar-refractivity contribution in [3.05, 3.63) is 11.8 Å². The summed E-state index contributed by atoms with van der Waals surface area (Å²) < 4.78 is 4.54. The van der Waals surface area contributed by atoms with Crippen molar-refractivity contribution in [3.8, 4) is 0 Å². The topological polar surface area (TPSA) is 110 Å². The van der Waals surface area contributed by atoms with Crippen molar-refractivity contribution in [2.45, 2.75) is 19.4 Å². The van der Waals surface area contributed by atoms with Gasteiger partial charge in [0.2, 0.25) is 0 Å². The van der Waals surface area contributed by atoms with Gasteiger partial charge in [-0.2, -0.15) is 5.10 Å². The quantitative estimate of drug-likeness (QED) is 0.609. The van der Waals surface area contributed by atoms with Crippen LogP contribution in [-0.2, 0) is 9.53 Å². The number of nitrogen functional groups attached to an aromatic ring is 1. The number of esters is 1. The second-order valence-corrected chi connectivity index (χ2v) is 3.15. The molecule has 0 spiro atoms. The van der Waals surface area contributed by atoms with Crippen LogP contribution in [0.15, 0.2) is 6.20 Å². The molecule has 1 atom stereocenters. The van der Waals surface area contributed by atoms with Crippen molar-refractivity contribution in [3.63, 3.8) is 0 Å². The number of ether oxygens (including phenoxy) is 1. The van der Waals surface area contributed by atoms with Gasteiger partial charge in [-0.1, -0.05) is 6.92 Å². The van der Waals surface area contributed by atoms with E-state index in [4.69, 9.17) is 5.73 Å². The summed E-state index contributed by atoms with van der Waals surface area (Å²) in [7, 11) is 1.27. The van der Waals surface area contributed by atoms with Gasteiger partial charge in [0.25, 0.3) is 5.91 Å². The van der Waals surface area contributed by atoms with E-state index >= 15 is 0 Å². The Kier molecular flexibility index (Phi) is 3.87. The third-order valence-electron chi connectivity index (χ3n) is 2.11. The molecule has 1 heterocycles. The Labute approximate surface area is 92.3 Å². The van der Waals surface area contributed by atoms with Crippen LogP contribution in [0.5, 0.6) is 0 Å². The minimum atomic E-state index is -0.674. The van der Waals surface area contributed by atoms with Crippen LogP contribution in [0.25, 0.3) is 0 Å². The molecule has 0 fully saturated rings. The summed E-state index contributed by atoms with van der Waals surface area (Å²) in [5.41, 5.74) is 5.68. The van der Waals surface area contributed by atoms with Crippen molar-refractivity contribution in [1.29, 1.82) is 0 Å². The Hall–Kier alpha value is -2.05. The summed E-state index contributed by atoms with van der Waals surface area (Å²) >= 11 is 0. The van der Waals surface area contributed by atoms with Crippen LogP contribution in [-0.4, -0.2) is 35.2 Å². The van der Waals surface area contributed by atoms with Crippen LogP contribution in [0.4, 0.5) is 5.82 Å². The van der Waals surface area contributed by atoms with Gasteiger partial charge in [-0.15, -0.1) is 0 Å². The highest BCUT2D eigenvalue weighted by Gasteiger charge is 2.21. The molecule has 0 radical (unpaired) electrons. The van der Waals surface area contributed by atoms with E-state index in [1.165, 1.54) is 13.3 Å². The molecule has 0 aliphatic carbocycles. The van der Waals surface area contributed by atoms with Gasteiger partial charge < -0.3 is 15.8 Å². The molecule has 1 aromatic heterocycles. The first-order chi connectivity index (χ1) is 7.60. The zero-order valence-electron chi connectivity index (χ0n) is 9.11. The number of aromatic amines is 1. The molecule has 0 aliphatic heterocycles. The standard InChI is InChI=1S/C9H14N4O3/c1-3-6(9(15)16-2)12-8(14)5-4-11-13-7(5)10/h4,6H,3H2,1-2H3,(H,12,14)(H3,10,11,13). The summed E-state index contributed by atoms with van der Waals surface area (Å²) in [6.45, 7) is 1.76. The van der Waals surface area contributed by atoms with Gasteiger partial charge in [0.1, 0.15) is 17.4 Å². The van der Waals surface area contributed by atoms with Crippen LogP contribution < -0.4 is 11.1 Å². The Morgan fingerprint density at radius 3 is 2.81 bits per heavy atom. The van der Waals surface area contributed by atoms with E-state index in [2.05, 4.69) is 20.3 Å². The molecule has 0 saturated heterocycles. The number of hydrogen-bond donors (Lipinski definition) is 3. The third kappa shape index (κ3) is 2.50. The number of methoxy groups -OCH3 is 1. The number of carbonyl (C=O) groups excluding carboxylic acids is 2. The Morgan fingerprint density at radius 1 is 1.69 bits per heavy atom. The number of amides is 1. The normalized spacial score (nSPS) is 11.9. The zero-order chi connectivity index (χ0) is 12.1. The number of H-pyrrole nitrogens is 1. The number of nitrogens with two attached hydrogens (primary N) is 1. The number of aromatic nitrogens is 2. The SMILES string of the molecule is CCC(NC(=O)c1cn[nH]c1N)C(=O)OC. The number of nitrogens with zero attached hydrogens (tertiary/aromatic N) is 1. The van der Waals surface area contributed by atoms with Crippen molar-refractivity contribution in [1.82, 2.24) is 15.5 Å². The number of rotatable bonds is 4. The summed E-state index contributed by atoms with van der Waals surface area (Å²) in [4.78, 5) is 22.9. The molecule has 1 rings (SSSR count). The molecular formula is C9H14N4O3. The highest BCUT2D eigenvalue weighted by atomic mass is 16.5. The Balaban J connectivity index is 2.70. The highest BCUT2D eigenvalue weighted by Crippen LogP contribution is 2.06. The van der Waals surface area contributed by atoms with Crippen molar-refractivity contribution < 1.29 is 14.3 Å². The molecular weight excluding hydrogens is 212 g/mol. The number of hydrogen-bond acceptors (Lipinski definition) is 5. The molecule has 1 aromatic rings. The lowest BCUT2D eigenvalue weighted by molar-refractivity contribution is -0.142. The second-order valence-electron chi connectivity index (χ2n) is 3.15. The van der Waals surface area contributed by atoms with E-state index in [9.17, 15) is 9.59 Å². The van der Waals surface area contributed by atoms with Crippen LogP contribution in [0.2, 0.25) is 0 Å². The minimum Gasteiger partial charge on any atom is -0.467 e. The first kappa shape index (κ1) is 12.0. The van der Waals surface area contributed by atoms with Gasteiger partial charge >= 0.3 is 5.97 Å². The van der Waals surface area contributed by atoms with Crippen molar-refractivity contribution >= 4 is 17.7 Å². The van der Waals surface area contributed by atoms with Gasteiger partial charge in [-0.05, 0) is 6.42 Å². The van der Waals surface area contributed by atoms with Crippen molar-refractivity contribution in [2.24, 2.45) is 0 Å². The molecule has 0 saturated carbocycles. The second kappa shape index (κ2) is 5.15. The first-order valence-electron chi connectivity index (χ1n) is 4.77. The monoisotopic (exact) mass is 226 g/mol. The number of nitrogens with one attached hydrogen (secondary N) is 2. The molecule has 0 aromatic carbocycles. The van der Waals surface area contributed by atoms with Gasteiger partial charge in [0.05, 0.1) is 13.3 Å². The third-order valence-corrected chi connectivity index (χ3v) is 2.11. The molecule has 0 bridgehead atoms. The van der Waals surface area contributed by atoms with Crippen molar-refractivity contribution in [2.75, 3.05) is 12.8 Å².